The molecule has 2 atom stereocenters. The molecule has 0 bridgehead atoms. The fourth-order valence-electron chi connectivity index (χ4n) is 5.82. The Hall–Kier alpha value is -2.33. The van der Waals surface area contributed by atoms with Crippen LogP contribution in [0.5, 0.6) is 0 Å². The van der Waals surface area contributed by atoms with Crippen LogP contribution in [0.2, 0.25) is 0 Å². The molecule has 3 aromatic rings. The molecule has 0 fully saturated rings. The second-order valence-corrected chi connectivity index (χ2v) is 11.2. The van der Waals surface area contributed by atoms with E-state index in [1.807, 2.05) is 0 Å². The number of nitrogens with zero attached hydrogens (tertiary/aromatic N) is 2. The van der Waals surface area contributed by atoms with E-state index in [-0.39, 0.29) is 34.2 Å². The third-order valence-electron chi connectivity index (χ3n) is 7.13. The third kappa shape index (κ3) is 8.58. The van der Waals surface area contributed by atoms with Gasteiger partial charge in [-0.05, 0) is 53.7 Å². The Kier molecular flexibility index (Phi) is 12.1. The molecule has 210 valence electrons. The zero-order valence-electron chi connectivity index (χ0n) is 24.9. The first-order valence-corrected chi connectivity index (χ1v) is 13.6. The molecule has 0 radical (unpaired) electrons. The van der Waals surface area contributed by atoms with Crippen molar-refractivity contribution in [2.45, 2.75) is 74.0 Å². The van der Waals surface area contributed by atoms with E-state index >= 15 is 0 Å². The van der Waals surface area contributed by atoms with E-state index in [1.165, 1.54) is 69.3 Å². The SMILES string of the molecule is CC([O-])CC(C)[O-].Cc1cc(C)c(B(c2cccc(N3C=CN(C)C3)c2)c2c(C)cc(C)cc2C)c(C)c1.[Pt+2]. The maximum Gasteiger partial charge on any atom is 2.00 e. The summed E-state index contributed by atoms with van der Waals surface area (Å²) in [5.74, 6) is 0. The minimum atomic E-state index is -0.688. The average Bonchev–Trinajstić information content (AvgIpc) is 3.23. The maximum absolute atomic E-state index is 10.1. The monoisotopic (exact) mass is 705 g/mol. The van der Waals surface area contributed by atoms with Gasteiger partial charge in [0.15, 0.2) is 0 Å². The van der Waals surface area contributed by atoms with Gasteiger partial charge in [0.1, 0.15) is 0 Å². The molecule has 1 heterocycles. The van der Waals surface area contributed by atoms with Crippen LogP contribution in [0.3, 0.4) is 0 Å². The summed E-state index contributed by atoms with van der Waals surface area (Å²) in [6.07, 6.45) is 3.17. The summed E-state index contributed by atoms with van der Waals surface area (Å²) in [4.78, 5) is 4.51. The van der Waals surface area contributed by atoms with E-state index < -0.39 is 12.2 Å². The summed E-state index contributed by atoms with van der Waals surface area (Å²) in [5, 5.41) is 20.3. The van der Waals surface area contributed by atoms with Gasteiger partial charge < -0.3 is 20.0 Å². The van der Waals surface area contributed by atoms with Crippen molar-refractivity contribution >= 4 is 28.8 Å². The van der Waals surface area contributed by atoms with Crippen LogP contribution < -0.4 is 31.5 Å². The van der Waals surface area contributed by atoms with Crippen molar-refractivity contribution in [1.29, 1.82) is 0 Å². The molecule has 6 heteroatoms. The standard InChI is InChI=1S/C28H33BN2.C5H10O2.Pt/c1-19-13-21(3)27(22(4)14-19)29(28-23(5)15-20(2)16-24(28)6)25-9-8-10-26(17-25)31-12-11-30(7)18-31;1-4(6)3-5(2)7;/h8-17H,18H2,1-7H3;4-5H,3H2,1-2H3;/q;-2;+2. The largest absolute Gasteiger partial charge is 2.00 e. The van der Waals surface area contributed by atoms with E-state index in [0.29, 0.717) is 0 Å². The summed E-state index contributed by atoms with van der Waals surface area (Å²) in [6, 6.07) is 18.4. The molecular formula is C33H43BN2O2Pt. The fraction of sp³-hybridized carbons (Fsp3) is 0.394. The Morgan fingerprint density at radius 1 is 0.744 bits per heavy atom. The van der Waals surface area contributed by atoms with Crippen molar-refractivity contribution in [3.05, 3.63) is 94.3 Å². The van der Waals surface area contributed by atoms with Crippen molar-refractivity contribution < 1.29 is 31.3 Å². The molecule has 3 aromatic carbocycles. The quantitative estimate of drug-likeness (QED) is 0.371. The van der Waals surface area contributed by atoms with Crippen LogP contribution in [0, 0.1) is 41.5 Å². The first-order chi connectivity index (χ1) is 17.9. The molecule has 0 saturated heterocycles. The molecule has 2 unspecified atom stereocenters. The molecule has 4 rings (SSSR count). The second kappa shape index (κ2) is 14.3. The van der Waals surface area contributed by atoms with Gasteiger partial charge in [-0.3, -0.25) is 0 Å². The minimum Gasteiger partial charge on any atom is -0.852 e. The Labute approximate surface area is 251 Å². The molecule has 4 nitrogen and oxygen atoms in total. The molecule has 0 aliphatic carbocycles. The third-order valence-corrected chi connectivity index (χ3v) is 7.13. The molecule has 0 aromatic heterocycles. The first-order valence-electron chi connectivity index (χ1n) is 13.6. The van der Waals surface area contributed by atoms with Crippen molar-refractivity contribution in [3.63, 3.8) is 0 Å². The zero-order chi connectivity index (χ0) is 28.1. The van der Waals surface area contributed by atoms with Crippen LogP contribution in [0.15, 0.2) is 60.9 Å². The van der Waals surface area contributed by atoms with Crippen LogP contribution in [-0.4, -0.2) is 37.5 Å². The van der Waals surface area contributed by atoms with Gasteiger partial charge in [-0.25, -0.2) is 0 Å². The summed E-state index contributed by atoms with van der Waals surface area (Å²) < 4.78 is 0. The molecule has 0 saturated carbocycles. The van der Waals surface area contributed by atoms with Crippen LogP contribution in [0.25, 0.3) is 0 Å². The molecule has 39 heavy (non-hydrogen) atoms. The summed E-state index contributed by atoms with van der Waals surface area (Å²) >= 11 is 0. The summed E-state index contributed by atoms with van der Waals surface area (Å²) in [6.45, 7) is 17.6. The van der Waals surface area contributed by atoms with E-state index in [0.717, 1.165) is 6.67 Å². The maximum atomic E-state index is 10.1. The molecule has 0 amide bonds. The zero-order valence-corrected chi connectivity index (χ0v) is 27.2. The topological polar surface area (TPSA) is 52.6 Å². The van der Waals surface area contributed by atoms with Gasteiger partial charge in [0.2, 0.25) is 6.71 Å². The Morgan fingerprint density at radius 2 is 1.21 bits per heavy atom. The Morgan fingerprint density at radius 3 is 1.56 bits per heavy atom. The molecule has 1 aliphatic rings. The van der Waals surface area contributed by atoms with Crippen LogP contribution in [-0.2, 0) is 21.1 Å². The summed E-state index contributed by atoms with van der Waals surface area (Å²) in [5.41, 5.74) is 13.6. The normalized spacial score (nSPS) is 13.9. The van der Waals surface area contributed by atoms with Gasteiger partial charge in [-0.2, -0.15) is 0 Å². The van der Waals surface area contributed by atoms with E-state index in [9.17, 15) is 10.2 Å². The van der Waals surface area contributed by atoms with Crippen molar-refractivity contribution in [2.75, 3.05) is 18.6 Å². The predicted molar refractivity (Wildman–Crippen MR) is 160 cm³/mol. The van der Waals surface area contributed by atoms with Crippen molar-refractivity contribution in [3.8, 4) is 0 Å². The van der Waals surface area contributed by atoms with Crippen LogP contribution in [0.4, 0.5) is 5.69 Å². The summed E-state index contributed by atoms with van der Waals surface area (Å²) in [7, 11) is 2.11. The fourth-order valence-corrected chi connectivity index (χ4v) is 5.82. The van der Waals surface area contributed by atoms with Crippen molar-refractivity contribution in [1.82, 2.24) is 4.90 Å². The van der Waals surface area contributed by atoms with E-state index in [1.54, 1.807) is 0 Å². The van der Waals surface area contributed by atoms with Crippen LogP contribution in [0.1, 0.15) is 53.6 Å². The van der Waals surface area contributed by atoms with E-state index in [2.05, 4.69) is 119 Å². The Bertz CT molecular complexity index is 1180. The number of benzene rings is 3. The van der Waals surface area contributed by atoms with Crippen LogP contribution >= 0.6 is 0 Å². The minimum absolute atomic E-state index is 0. The van der Waals surface area contributed by atoms with Gasteiger partial charge in [-0.15, -0.1) is 12.2 Å². The average molecular weight is 706 g/mol. The number of hydrogen-bond acceptors (Lipinski definition) is 4. The van der Waals surface area contributed by atoms with Gasteiger partial charge in [0.05, 0.1) is 6.67 Å². The Balaban J connectivity index is 0.000000592. The second-order valence-electron chi connectivity index (χ2n) is 11.2. The van der Waals surface area contributed by atoms with E-state index in [4.69, 9.17) is 0 Å². The molecule has 1 aliphatic heterocycles. The predicted octanol–water partition coefficient (Wildman–Crippen LogP) is 3.11. The van der Waals surface area contributed by atoms with Gasteiger partial charge in [-0.1, -0.05) is 106 Å². The van der Waals surface area contributed by atoms with Crippen molar-refractivity contribution in [2.24, 2.45) is 0 Å². The number of aryl methyl sites for hydroxylation is 6. The number of anilines is 1. The smallest absolute Gasteiger partial charge is 0.852 e. The van der Waals surface area contributed by atoms with Gasteiger partial charge >= 0.3 is 21.1 Å². The molecule has 0 spiro atoms. The molecule has 0 N–H and O–H groups in total. The number of rotatable bonds is 6. The number of hydrogen-bond donors (Lipinski definition) is 0. The van der Waals surface area contributed by atoms with Gasteiger partial charge in [0.25, 0.3) is 0 Å². The first kappa shape index (κ1) is 32.9. The molecular weight excluding hydrogens is 662 g/mol. The van der Waals surface area contributed by atoms with Gasteiger partial charge in [0, 0.05) is 25.1 Å².